The Morgan fingerprint density at radius 3 is 2.28 bits per heavy atom. The number of nitrogens with two attached hydrogens (primary N) is 1. The van der Waals surface area contributed by atoms with Gasteiger partial charge >= 0.3 is 0 Å². The Hall–Kier alpha value is -1.39. The molecule has 0 saturated carbocycles. The van der Waals surface area contributed by atoms with Gasteiger partial charge in [-0.25, -0.2) is 8.78 Å². The summed E-state index contributed by atoms with van der Waals surface area (Å²) in [4.78, 5) is 0.553. The lowest BCUT2D eigenvalue weighted by Crippen LogP contribution is -2.09. The topological polar surface area (TPSA) is 26.0 Å². The van der Waals surface area contributed by atoms with Gasteiger partial charge in [-0.05, 0) is 29.8 Å². The lowest BCUT2D eigenvalue weighted by molar-refractivity contribution is 0.601. The summed E-state index contributed by atoms with van der Waals surface area (Å²) in [7, 11) is 0. The van der Waals surface area contributed by atoms with Crippen molar-refractivity contribution in [2.45, 2.75) is 10.1 Å². The summed E-state index contributed by atoms with van der Waals surface area (Å²) in [6.07, 6.45) is 0. The molecule has 4 heteroatoms. The summed E-state index contributed by atoms with van der Waals surface area (Å²) in [6.45, 7) is 0.366. The lowest BCUT2D eigenvalue weighted by atomic mass is 10.1. The Morgan fingerprint density at radius 2 is 1.67 bits per heavy atom. The van der Waals surface area contributed by atoms with E-state index in [0.717, 1.165) is 5.56 Å². The highest BCUT2D eigenvalue weighted by Crippen LogP contribution is 2.35. The third-order valence-corrected chi connectivity index (χ3v) is 3.90. The summed E-state index contributed by atoms with van der Waals surface area (Å²) in [6, 6.07) is 12.7. The first-order valence-corrected chi connectivity index (χ1v) is 6.45. The Kier molecular flexibility index (Phi) is 4.33. The molecule has 0 aliphatic carbocycles. The van der Waals surface area contributed by atoms with Gasteiger partial charge in [0.1, 0.15) is 11.6 Å². The van der Waals surface area contributed by atoms with E-state index in [9.17, 15) is 8.78 Å². The average Bonchev–Trinajstić information content (AvgIpc) is 2.39. The van der Waals surface area contributed by atoms with Gasteiger partial charge in [-0.1, -0.05) is 24.3 Å². The number of hydrogen-bond donors (Lipinski definition) is 1. The molecule has 0 bridgehead atoms. The van der Waals surface area contributed by atoms with Crippen molar-refractivity contribution in [2.24, 2.45) is 5.73 Å². The molecule has 2 N–H and O–H groups in total. The number of thioether (sulfide) groups is 1. The monoisotopic (exact) mass is 265 g/mol. The van der Waals surface area contributed by atoms with E-state index in [0.29, 0.717) is 11.4 Å². The summed E-state index contributed by atoms with van der Waals surface area (Å²) in [5.74, 6) is -0.548. The van der Waals surface area contributed by atoms with Crippen LogP contribution in [0.5, 0.6) is 0 Å². The Bertz CT molecular complexity index is 513. The van der Waals surface area contributed by atoms with E-state index in [-0.39, 0.29) is 16.9 Å². The molecule has 0 aromatic heterocycles. The highest BCUT2D eigenvalue weighted by Gasteiger charge is 2.13. The van der Waals surface area contributed by atoms with Crippen molar-refractivity contribution >= 4 is 11.8 Å². The van der Waals surface area contributed by atoms with E-state index in [1.807, 2.05) is 0 Å². The SMILES string of the molecule is NCC(Sc1ccccc1F)c1ccc(F)cc1. The van der Waals surface area contributed by atoms with Crippen LogP contribution in [0.25, 0.3) is 0 Å². The van der Waals surface area contributed by atoms with Crippen LogP contribution in [0.2, 0.25) is 0 Å². The van der Waals surface area contributed by atoms with E-state index in [1.54, 1.807) is 30.3 Å². The van der Waals surface area contributed by atoms with Crippen LogP contribution in [-0.4, -0.2) is 6.54 Å². The molecule has 2 aromatic carbocycles. The van der Waals surface area contributed by atoms with Crippen LogP contribution in [0.4, 0.5) is 8.78 Å². The van der Waals surface area contributed by atoms with Crippen molar-refractivity contribution in [1.82, 2.24) is 0 Å². The molecular formula is C14H13F2NS. The predicted molar refractivity (Wildman–Crippen MR) is 70.5 cm³/mol. The highest BCUT2D eigenvalue weighted by molar-refractivity contribution is 7.99. The molecule has 94 valence electrons. The standard InChI is InChI=1S/C14H13F2NS/c15-11-7-5-10(6-8-11)14(9-17)18-13-4-2-1-3-12(13)16/h1-8,14H,9,17H2. The molecule has 0 spiro atoms. The second-order valence-electron chi connectivity index (χ2n) is 3.82. The molecule has 1 nitrogen and oxygen atoms in total. The molecule has 0 saturated heterocycles. The van der Waals surface area contributed by atoms with Gasteiger partial charge in [-0.15, -0.1) is 11.8 Å². The van der Waals surface area contributed by atoms with Crippen LogP contribution < -0.4 is 5.73 Å². The van der Waals surface area contributed by atoms with Gasteiger partial charge in [0.05, 0.1) is 0 Å². The van der Waals surface area contributed by atoms with E-state index >= 15 is 0 Å². The number of rotatable bonds is 4. The fourth-order valence-corrected chi connectivity index (χ4v) is 2.66. The van der Waals surface area contributed by atoms with Gasteiger partial charge in [0, 0.05) is 16.7 Å². The van der Waals surface area contributed by atoms with Crippen LogP contribution in [0.15, 0.2) is 53.4 Å². The van der Waals surface area contributed by atoms with Crippen molar-refractivity contribution < 1.29 is 8.78 Å². The molecule has 0 aliphatic heterocycles. The second kappa shape index (κ2) is 5.98. The number of halogens is 2. The third-order valence-electron chi connectivity index (χ3n) is 2.56. The van der Waals surface area contributed by atoms with Gasteiger partial charge < -0.3 is 5.73 Å². The number of benzene rings is 2. The van der Waals surface area contributed by atoms with Gasteiger partial charge in [0.2, 0.25) is 0 Å². The second-order valence-corrected chi connectivity index (χ2v) is 5.07. The zero-order valence-corrected chi connectivity index (χ0v) is 10.5. The summed E-state index contributed by atoms with van der Waals surface area (Å²) < 4.78 is 26.4. The lowest BCUT2D eigenvalue weighted by Gasteiger charge is -2.15. The Labute approximate surface area is 109 Å². The molecule has 0 heterocycles. The minimum Gasteiger partial charge on any atom is -0.329 e. The largest absolute Gasteiger partial charge is 0.329 e. The minimum atomic E-state index is -0.287. The van der Waals surface area contributed by atoms with Gasteiger partial charge in [-0.3, -0.25) is 0 Å². The van der Waals surface area contributed by atoms with Crippen molar-refractivity contribution in [3.63, 3.8) is 0 Å². The minimum absolute atomic E-state index is 0.0810. The van der Waals surface area contributed by atoms with E-state index in [2.05, 4.69) is 0 Å². The maximum Gasteiger partial charge on any atom is 0.136 e. The van der Waals surface area contributed by atoms with Crippen molar-refractivity contribution in [2.75, 3.05) is 6.54 Å². The molecule has 0 amide bonds. The zero-order chi connectivity index (χ0) is 13.0. The fourth-order valence-electron chi connectivity index (χ4n) is 1.62. The average molecular weight is 265 g/mol. The molecule has 18 heavy (non-hydrogen) atoms. The molecule has 2 aromatic rings. The summed E-state index contributed by atoms with van der Waals surface area (Å²) >= 11 is 1.35. The van der Waals surface area contributed by atoms with E-state index in [1.165, 1.54) is 30.0 Å². The summed E-state index contributed by atoms with van der Waals surface area (Å²) in [5.41, 5.74) is 6.60. The molecule has 1 atom stereocenters. The van der Waals surface area contributed by atoms with E-state index < -0.39 is 0 Å². The Balaban J connectivity index is 2.20. The summed E-state index contributed by atoms with van der Waals surface area (Å²) in [5, 5.41) is -0.0810. The van der Waals surface area contributed by atoms with Gasteiger partial charge in [0.15, 0.2) is 0 Å². The quantitative estimate of drug-likeness (QED) is 0.852. The van der Waals surface area contributed by atoms with Gasteiger partial charge in [-0.2, -0.15) is 0 Å². The molecule has 0 aliphatic rings. The highest BCUT2D eigenvalue weighted by atomic mass is 32.2. The third kappa shape index (κ3) is 3.09. The van der Waals surface area contributed by atoms with Crippen LogP contribution in [0.1, 0.15) is 10.8 Å². The molecule has 0 radical (unpaired) electrons. The maximum atomic E-state index is 13.5. The molecular weight excluding hydrogens is 252 g/mol. The number of hydrogen-bond acceptors (Lipinski definition) is 2. The van der Waals surface area contributed by atoms with Crippen LogP contribution in [0, 0.1) is 11.6 Å². The van der Waals surface area contributed by atoms with E-state index in [4.69, 9.17) is 5.73 Å². The zero-order valence-electron chi connectivity index (χ0n) is 9.64. The van der Waals surface area contributed by atoms with Crippen molar-refractivity contribution in [1.29, 1.82) is 0 Å². The van der Waals surface area contributed by atoms with Crippen molar-refractivity contribution in [3.8, 4) is 0 Å². The first kappa shape index (κ1) is 13.1. The Morgan fingerprint density at radius 1 is 1.00 bits per heavy atom. The fraction of sp³-hybridized carbons (Fsp3) is 0.143. The normalized spacial score (nSPS) is 12.4. The van der Waals surface area contributed by atoms with Crippen LogP contribution in [0.3, 0.4) is 0 Å². The maximum absolute atomic E-state index is 13.5. The molecule has 2 rings (SSSR count). The molecule has 1 unspecified atom stereocenters. The van der Waals surface area contributed by atoms with Crippen LogP contribution >= 0.6 is 11.8 Å². The predicted octanol–water partition coefficient (Wildman–Crippen LogP) is 3.76. The first-order chi connectivity index (χ1) is 8.70. The molecule has 0 fully saturated rings. The van der Waals surface area contributed by atoms with Crippen molar-refractivity contribution in [3.05, 3.63) is 65.7 Å². The van der Waals surface area contributed by atoms with Crippen LogP contribution in [-0.2, 0) is 0 Å². The van der Waals surface area contributed by atoms with Gasteiger partial charge in [0.25, 0.3) is 0 Å². The first-order valence-electron chi connectivity index (χ1n) is 5.57. The smallest absolute Gasteiger partial charge is 0.136 e.